The first-order valence-corrected chi connectivity index (χ1v) is 7.69. The molecule has 2 rings (SSSR count). The molecular weight excluding hydrogens is 262 g/mol. The molecule has 1 aliphatic carbocycles. The van der Waals surface area contributed by atoms with Gasteiger partial charge in [0.2, 0.25) is 5.91 Å². The van der Waals surface area contributed by atoms with Crippen LogP contribution in [-0.4, -0.2) is 17.6 Å². The number of carbonyl (C=O) groups is 1. The number of aliphatic hydroxyl groups excluding tert-OH is 1. The third-order valence-corrected chi connectivity index (χ3v) is 4.02. The molecule has 112 valence electrons. The van der Waals surface area contributed by atoms with Crippen molar-refractivity contribution in [3.05, 3.63) is 29.3 Å². The number of hydrogen-bond donors (Lipinski definition) is 2. The van der Waals surface area contributed by atoms with Gasteiger partial charge in [-0.15, -0.1) is 0 Å². The normalized spacial score (nSPS) is 15.1. The van der Waals surface area contributed by atoms with Gasteiger partial charge in [0.05, 0.1) is 0 Å². The quantitative estimate of drug-likeness (QED) is 0.838. The first-order valence-electron chi connectivity index (χ1n) is 7.69. The van der Waals surface area contributed by atoms with E-state index < -0.39 is 0 Å². The molecule has 1 aromatic carbocycles. The number of anilines is 1. The van der Waals surface area contributed by atoms with E-state index in [1.807, 2.05) is 25.1 Å². The molecule has 2 N–H and O–H groups in total. The molecule has 0 aromatic heterocycles. The standard InChI is InChI=1S/C18H23NO2/c1-14-9-10-17(13-16(14)8-5-11-20)19-18(21)12-15-6-3-2-4-7-15/h9-10,13,15,20H,2-4,6-7,11-12H2,1H3,(H,19,21). The summed E-state index contributed by atoms with van der Waals surface area (Å²) < 4.78 is 0. The Morgan fingerprint density at radius 2 is 2.10 bits per heavy atom. The Morgan fingerprint density at radius 1 is 1.33 bits per heavy atom. The highest BCUT2D eigenvalue weighted by atomic mass is 16.2. The van der Waals surface area contributed by atoms with E-state index in [0.717, 1.165) is 16.8 Å². The summed E-state index contributed by atoms with van der Waals surface area (Å²) in [7, 11) is 0. The largest absolute Gasteiger partial charge is 0.384 e. The molecule has 3 nitrogen and oxygen atoms in total. The maximum Gasteiger partial charge on any atom is 0.224 e. The Morgan fingerprint density at radius 3 is 2.81 bits per heavy atom. The van der Waals surface area contributed by atoms with Crippen LogP contribution in [-0.2, 0) is 4.79 Å². The number of benzene rings is 1. The fourth-order valence-electron chi connectivity index (χ4n) is 2.83. The summed E-state index contributed by atoms with van der Waals surface area (Å²) in [5.41, 5.74) is 2.67. The van der Waals surface area contributed by atoms with Gasteiger partial charge in [-0.05, 0) is 43.4 Å². The van der Waals surface area contributed by atoms with Crippen molar-refractivity contribution in [1.29, 1.82) is 0 Å². The zero-order valence-corrected chi connectivity index (χ0v) is 12.6. The molecule has 0 spiro atoms. The van der Waals surface area contributed by atoms with Crippen LogP contribution in [0.2, 0.25) is 0 Å². The molecule has 3 heteroatoms. The molecular formula is C18H23NO2. The van der Waals surface area contributed by atoms with Gasteiger partial charge in [-0.3, -0.25) is 4.79 Å². The van der Waals surface area contributed by atoms with Gasteiger partial charge >= 0.3 is 0 Å². The van der Waals surface area contributed by atoms with Crippen LogP contribution in [0.1, 0.15) is 49.7 Å². The number of carbonyl (C=O) groups excluding carboxylic acids is 1. The van der Waals surface area contributed by atoms with Crippen LogP contribution in [0.5, 0.6) is 0 Å². The molecule has 0 aliphatic heterocycles. The lowest BCUT2D eigenvalue weighted by atomic mass is 9.87. The predicted octanol–water partition coefficient (Wildman–Crippen LogP) is 3.25. The average Bonchev–Trinajstić information content (AvgIpc) is 2.48. The van der Waals surface area contributed by atoms with E-state index in [0.29, 0.717) is 12.3 Å². The number of aryl methyl sites for hydroxylation is 1. The van der Waals surface area contributed by atoms with Crippen molar-refractivity contribution < 1.29 is 9.90 Å². The third-order valence-electron chi connectivity index (χ3n) is 4.02. The molecule has 1 amide bonds. The van der Waals surface area contributed by atoms with Crippen LogP contribution in [0.15, 0.2) is 18.2 Å². The van der Waals surface area contributed by atoms with E-state index in [-0.39, 0.29) is 12.5 Å². The Bertz CT molecular complexity index is 548. The van der Waals surface area contributed by atoms with Crippen molar-refractivity contribution in [1.82, 2.24) is 0 Å². The number of hydrogen-bond acceptors (Lipinski definition) is 2. The Balaban J connectivity index is 1.96. The van der Waals surface area contributed by atoms with Gasteiger partial charge in [-0.2, -0.15) is 0 Å². The first kappa shape index (κ1) is 15.6. The maximum absolute atomic E-state index is 12.1. The van der Waals surface area contributed by atoms with Crippen molar-refractivity contribution >= 4 is 11.6 Å². The third kappa shape index (κ3) is 4.91. The van der Waals surface area contributed by atoms with Gasteiger partial charge in [0.1, 0.15) is 6.61 Å². The molecule has 0 unspecified atom stereocenters. The number of amides is 1. The topological polar surface area (TPSA) is 49.3 Å². The molecule has 1 fully saturated rings. The lowest BCUT2D eigenvalue weighted by molar-refractivity contribution is -0.117. The van der Waals surface area contributed by atoms with Crippen LogP contribution >= 0.6 is 0 Å². The zero-order chi connectivity index (χ0) is 15.1. The van der Waals surface area contributed by atoms with Crippen molar-refractivity contribution in [3.63, 3.8) is 0 Å². The molecule has 0 saturated heterocycles. The lowest BCUT2D eigenvalue weighted by Gasteiger charge is -2.20. The first-order chi connectivity index (χ1) is 10.2. The average molecular weight is 285 g/mol. The summed E-state index contributed by atoms with van der Waals surface area (Å²) in [4.78, 5) is 12.1. The van der Waals surface area contributed by atoms with Crippen molar-refractivity contribution in [3.8, 4) is 11.8 Å². The van der Waals surface area contributed by atoms with Crippen LogP contribution in [0.25, 0.3) is 0 Å². The van der Waals surface area contributed by atoms with Crippen LogP contribution in [0.3, 0.4) is 0 Å². The molecule has 0 bridgehead atoms. The lowest BCUT2D eigenvalue weighted by Crippen LogP contribution is -2.18. The molecule has 21 heavy (non-hydrogen) atoms. The Kier molecular flexibility index (Phi) is 5.83. The minimum atomic E-state index is -0.155. The fourth-order valence-corrected chi connectivity index (χ4v) is 2.83. The zero-order valence-electron chi connectivity index (χ0n) is 12.6. The molecule has 1 aliphatic rings. The van der Waals surface area contributed by atoms with Gasteiger partial charge in [-0.1, -0.05) is 37.2 Å². The Labute approximate surface area is 126 Å². The van der Waals surface area contributed by atoms with E-state index in [1.165, 1.54) is 32.1 Å². The SMILES string of the molecule is Cc1ccc(NC(=O)CC2CCCCC2)cc1C#CCO. The van der Waals surface area contributed by atoms with E-state index in [2.05, 4.69) is 17.2 Å². The summed E-state index contributed by atoms with van der Waals surface area (Å²) >= 11 is 0. The van der Waals surface area contributed by atoms with E-state index in [1.54, 1.807) is 0 Å². The minimum absolute atomic E-state index is 0.0896. The smallest absolute Gasteiger partial charge is 0.224 e. The van der Waals surface area contributed by atoms with Gasteiger partial charge in [0, 0.05) is 17.7 Å². The summed E-state index contributed by atoms with van der Waals surface area (Å²) in [5.74, 6) is 6.18. The van der Waals surface area contributed by atoms with Gasteiger partial charge in [0.15, 0.2) is 0 Å². The fraction of sp³-hybridized carbons (Fsp3) is 0.500. The molecule has 1 saturated carbocycles. The number of aliphatic hydroxyl groups is 1. The molecule has 0 heterocycles. The summed E-state index contributed by atoms with van der Waals surface area (Å²) in [6, 6.07) is 5.71. The summed E-state index contributed by atoms with van der Waals surface area (Å²) in [6.07, 6.45) is 6.78. The van der Waals surface area contributed by atoms with Crippen LogP contribution < -0.4 is 5.32 Å². The van der Waals surface area contributed by atoms with E-state index in [9.17, 15) is 4.79 Å². The highest BCUT2D eigenvalue weighted by Gasteiger charge is 2.17. The second-order valence-electron chi connectivity index (χ2n) is 5.75. The minimum Gasteiger partial charge on any atom is -0.384 e. The van der Waals surface area contributed by atoms with E-state index in [4.69, 9.17) is 5.11 Å². The van der Waals surface area contributed by atoms with Gasteiger partial charge in [-0.25, -0.2) is 0 Å². The summed E-state index contributed by atoms with van der Waals surface area (Å²) in [6.45, 7) is 1.81. The monoisotopic (exact) mass is 285 g/mol. The highest BCUT2D eigenvalue weighted by molar-refractivity contribution is 5.91. The van der Waals surface area contributed by atoms with Crippen molar-refractivity contribution in [2.45, 2.75) is 45.4 Å². The Hall–Kier alpha value is -1.79. The van der Waals surface area contributed by atoms with Crippen molar-refractivity contribution in [2.75, 3.05) is 11.9 Å². The second-order valence-corrected chi connectivity index (χ2v) is 5.75. The molecule has 1 aromatic rings. The van der Waals surface area contributed by atoms with Gasteiger partial charge < -0.3 is 10.4 Å². The second kappa shape index (κ2) is 7.85. The highest BCUT2D eigenvalue weighted by Crippen LogP contribution is 2.26. The summed E-state index contributed by atoms with van der Waals surface area (Å²) in [5, 5.41) is 11.7. The number of rotatable bonds is 3. The van der Waals surface area contributed by atoms with Crippen LogP contribution in [0, 0.1) is 24.7 Å². The van der Waals surface area contributed by atoms with Crippen molar-refractivity contribution in [2.24, 2.45) is 5.92 Å². The van der Waals surface area contributed by atoms with Gasteiger partial charge in [0.25, 0.3) is 0 Å². The molecule has 0 radical (unpaired) electrons. The maximum atomic E-state index is 12.1. The predicted molar refractivity (Wildman–Crippen MR) is 85.0 cm³/mol. The number of nitrogens with one attached hydrogen (secondary N) is 1. The van der Waals surface area contributed by atoms with Crippen LogP contribution in [0.4, 0.5) is 5.69 Å². The molecule has 0 atom stereocenters. The van der Waals surface area contributed by atoms with E-state index >= 15 is 0 Å².